The van der Waals surface area contributed by atoms with Crippen molar-refractivity contribution in [1.82, 2.24) is 5.32 Å². The van der Waals surface area contributed by atoms with Crippen molar-refractivity contribution in [3.63, 3.8) is 0 Å². The molecule has 112 valence electrons. The van der Waals surface area contributed by atoms with Crippen molar-refractivity contribution in [3.8, 4) is 0 Å². The number of halogens is 1. The predicted octanol–water partition coefficient (Wildman–Crippen LogP) is 4.15. The van der Waals surface area contributed by atoms with E-state index < -0.39 is 0 Å². The van der Waals surface area contributed by atoms with Crippen molar-refractivity contribution in [2.45, 2.75) is 30.6 Å². The molecule has 0 spiro atoms. The molecule has 1 amide bonds. The fourth-order valence-electron chi connectivity index (χ4n) is 2.79. The van der Waals surface area contributed by atoms with Gasteiger partial charge in [0.15, 0.2) is 0 Å². The Kier molecular flexibility index (Phi) is 4.33. The molecule has 1 fully saturated rings. The minimum atomic E-state index is -0.0587. The van der Waals surface area contributed by atoms with Crippen LogP contribution < -0.4 is 11.1 Å². The van der Waals surface area contributed by atoms with Gasteiger partial charge in [-0.25, -0.2) is 0 Å². The predicted molar refractivity (Wildman–Crippen MR) is 93.7 cm³/mol. The first kappa shape index (κ1) is 15.0. The van der Waals surface area contributed by atoms with Crippen LogP contribution in [0, 0.1) is 0 Å². The van der Waals surface area contributed by atoms with E-state index in [4.69, 9.17) is 17.3 Å². The molecular formula is C15H17ClN2OS2. The smallest absolute Gasteiger partial charge is 0.263 e. The normalized spacial score (nSPS) is 21.8. The summed E-state index contributed by atoms with van der Waals surface area (Å²) in [5.74, 6) is -0.0587. The van der Waals surface area contributed by atoms with Crippen LogP contribution in [0.2, 0.25) is 5.02 Å². The Morgan fingerprint density at radius 3 is 3.00 bits per heavy atom. The number of fused-ring (bicyclic) bond motifs is 1. The van der Waals surface area contributed by atoms with Gasteiger partial charge in [0.25, 0.3) is 5.91 Å². The van der Waals surface area contributed by atoms with Gasteiger partial charge in [-0.05, 0) is 43.7 Å². The molecule has 1 aliphatic carbocycles. The van der Waals surface area contributed by atoms with Crippen LogP contribution in [-0.4, -0.2) is 23.5 Å². The molecule has 0 radical (unpaired) electrons. The van der Waals surface area contributed by atoms with Gasteiger partial charge in [-0.3, -0.25) is 4.79 Å². The number of hydrogen-bond donors (Lipinski definition) is 2. The van der Waals surface area contributed by atoms with Crippen LogP contribution in [-0.2, 0) is 0 Å². The third-order valence-electron chi connectivity index (χ3n) is 3.95. The summed E-state index contributed by atoms with van der Waals surface area (Å²) in [6, 6.07) is 5.82. The van der Waals surface area contributed by atoms with Gasteiger partial charge in [0.2, 0.25) is 0 Å². The minimum absolute atomic E-state index is 0.0587. The van der Waals surface area contributed by atoms with Gasteiger partial charge in [-0.1, -0.05) is 11.6 Å². The Morgan fingerprint density at radius 2 is 2.29 bits per heavy atom. The Morgan fingerprint density at radius 1 is 1.48 bits per heavy atom. The van der Waals surface area contributed by atoms with Crippen molar-refractivity contribution in [1.29, 1.82) is 0 Å². The maximum absolute atomic E-state index is 12.5. The number of thioether (sulfide) groups is 1. The molecule has 1 aromatic carbocycles. The number of thiophene rings is 1. The summed E-state index contributed by atoms with van der Waals surface area (Å²) in [5.41, 5.74) is 6.66. The summed E-state index contributed by atoms with van der Waals surface area (Å²) in [6.45, 7) is 0. The van der Waals surface area contributed by atoms with Crippen molar-refractivity contribution in [3.05, 3.63) is 28.1 Å². The van der Waals surface area contributed by atoms with Crippen molar-refractivity contribution in [2.75, 3.05) is 12.0 Å². The number of amides is 1. The molecule has 2 unspecified atom stereocenters. The topological polar surface area (TPSA) is 55.1 Å². The molecule has 1 aromatic heterocycles. The second-order valence-corrected chi connectivity index (χ2v) is 7.95. The summed E-state index contributed by atoms with van der Waals surface area (Å²) < 4.78 is 0.996. The van der Waals surface area contributed by atoms with Crippen LogP contribution in [0.15, 0.2) is 18.2 Å². The number of nitrogens with one attached hydrogen (secondary N) is 1. The molecule has 1 heterocycles. The molecule has 6 heteroatoms. The van der Waals surface area contributed by atoms with E-state index in [0.29, 0.717) is 20.8 Å². The van der Waals surface area contributed by atoms with Gasteiger partial charge in [-0.15, -0.1) is 11.3 Å². The van der Waals surface area contributed by atoms with E-state index in [1.165, 1.54) is 17.8 Å². The molecule has 0 bridgehead atoms. The van der Waals surface area contributed by atoms with E-state index in [-0.39, 0.29) is 11.9 Å². The molecule has 3 N–H and O–H groups in total. The average molecular weight is 341 g/mol. The van der Waals surface area contributed by atoms with Crippen molar-refractivity contribution >= 4 is 56.4 Å². The standard InChI is InChI=1S/C15H17ClN2OS2/c1-20-10-4-3-9(7-10)18-15(19)14-13(17)11-6-8(16)2-5-12(11)21-14/h2,5-6,9-10H,3-4,7,17H2,1H3,(H,18,19). The summed E-state index contributed by atoms with van der Waals surface area (Å²) in [5, 5.41) is 5.29. The zero-order chi connectivity index (χ0) is 15.0. The van der Waals surface area contributed by atoms with Crippen LogP contribution in [0.5, 0.6) is 0 Å². The zero-order valence-electron chi connectivity index (χ0n) is 11.7. The number of benzene rings is 1. The highest BCUT2D eigenvalue weighted by atomic mass is 35.5. The fourth-order valence-corrected chi connectivity index (χ4v) is 4.77. The van der Waals surface area contributed by atoms with Gasteiger partial charge < -0.3 is 11.1 Å². The second-order valence-electron chi connectivity index (χ2n) is 5.33. The Labute approximate surface area is 137 Å². The third-order valence-corrected chi connectivity index (χ3v) is 6.46. The maximum Gasteiger partial charge on any atom is 0.263 e. The number of hydrogen-bond acceptors (Lipinski definition) is 4. The van der Waals surface area contributed by atoms with E-state index in [1.807, 2.05) is 30.0 Å². The summed E-state index contributed by atoms with van der Waals surface area (Å²) >= 11 is 9.30. The molecule has 2 aromatic rings. The average Bonchev–Trinajstić information content (AvgIpc) is 3.04. The quantitative estimate of drug-likeness (QED) is 0.882. The highest BCUT2D eigenvalue weighted by Crippen LogP contribution is 2.36. The minimum Gasteiger partial charge on any atom is -0.397 e. The maximum atomic E-state index is 12.5. The molecule has 0 aliphatic heterocycles. The van der Waals surface area contributed by atoms with Crippen LogP contribution in [0.4, 0.5) is 5.69 Å². The Hall–Kier alpha value is -0.910. The van der Waals surface area contributed by atoms with Crippen LogP contribution in [0.1, 0.15) is 28.9 Å². The highest BCUT2D eigenvalue weighted by molar-refractivity contribution is 7.99. The van der Waals surface area contributed by atoms with E-state index >= 15 is 0 Å². The summed E-state index contributed by atoms with van der Waals surface area (Å²) in [6.07, 6.45) is 5.39. The SMILES string of the molecule is CSC1CCC(NC(=O)c2sc3ccc(Cl)cc3c2N)C1. The van der Waals surface area contributed by atoms with Crippen LogP contribution in [0.3, 0.4) is 0 Å². The lowest BCUT2D eigenvalue weighted by atomic mass is 10.2. The van der Waals surface area contributed by atoms with Crippen LogP contribution in [0.25, 0.3) is 10.1 Å². The number of anilines is 1. The van der Waals surface area contributed by atoms with Crippen LogP contribution >= 0.6 is 34.7 Å². The van der Waals surface area contributed by atoms with E-state index in [9.17, 15) is 4.79 Å². The van der Waals surface area contributed by atoms with Gasteiger partial charge in [0.1, 0.15) is 4.88 Å². The molecule has 2 atom stereocenters. The lowest BCUT2D eigenvalue weighted by Crippen LogP contribution is -2.32. The zero-order valence-corrected chi connectivity index (χ0v) is 14.1. The molecule has 3 nitrogen and oxygen atoms in total. The lowest BCUT2D eigenvalue weighted by Gasteiger charge is -2.12. The Bertz CT molecular complexity index is 686. The van der Waals surface area contributed by atoms with E-state index in [1.54, 1.807) is 0 Å². The largest absolute Gasteiger partial charge is 0.397 e. The van der Waals surface area contributed by atoms with Crippen molar-refractivity contribution < 1.29 is 4.79 Å². The first-order chi connectivity index (χ1) is 10.1. The lowest BCUT2D eigenvalue weighted by molar-refractivity contribution is 0.0943. The number of carbonyl (C=O) groups is 1. The van der Waals surface area contributed by atoms with E-state index in [2.05, 4.69) is 11.6 Å². The number of rotatable bonds is 3. The van der Waals surface area contributed by atoms with Gasteiger partial charge in [0, 0.05) is 26.4 Å². The molecule has 3 rings (SSSR count). The van der Waals surface area contributed by atoms with Gasteiger partial charge >= 0.3 is 0 Å². The van der Waals surface area contributed by atoms with Gasteiger partial charge in [-0.2, -0.15) is 11.8 Å². The first-order valence-electron chi connectivity index (χ1n) is 6.89. The molecule has 21 heavy (non-hydrogen) atoms. The number of carbonyl (C=O) groups excluding carboxylic acids is 1. The third kappa shape index (κ3) is 3.00. The number of nitrogens with two attached hydrogens (primary N) is 1. The number of nitrogen functional groups attached to an aromatic ring is 1. The highest BCUT2D eigenvalue weighted by Gasteiger charge is 2.26. The summed E-state index contributed by atoms with van der Waals surface area (Å²) in [4.78, 5) is 13.0. The molecule has 1 saturated carbocycles. The van der Waals surface area contributed by atoms with E-state index in [0.717, 1.165) is 22.9 Å². The monoisotopic (exact) mass is 340 g/mol. The molecular weight excluding hydrogens is 324 g/mol. The molecule has 0 saturated heterocycles. The molecule has 1 aliphatic rings. The van der Waals surface area contributed by atoms with Crippen molar-refractivity contribution in [2.24, 2.45) is 0 Å². The summed E-state index contributed by atoms with van der Waals surface area (Å²) in [7, 11) is 0. The van der Waals surface area contributed by atoms with Gasteiger partial charge in [0.05, 0.1) is 5.69 Å². The first-order valence-corrected chi connectivity index (χ1v) is 9.38. The Balaban J connectivity index is 1.80. The fraction of sp³-hybridized carbons (Fsp3) is 0.400. The second kappa shape index (κ2) is 6.07.